The fraction of sp³-hybridized carbons (Fsp3) is 0.500. The standard InChI is InChI=1S/C10H14O2/c1-2-10(11)12-8-9-6-4-3-5-7-9/h4,6-7H,2-3,5,8H2,1H3. The molecule has 0 aliphatic heterocycles. The molecule has 0 saturated heterocycles. The molecule has 0 aromatic heterocycles. The topological polar surface area (TPSA) is 26.3 Å². The summed E-state index contributed by atoms with van der Waals surface area (Å²) >= 11 is 0. The molecule has 1 aliphatic carbocycles. The van der Waals surface area contributed by atoms with Crippen LogP contribution in [-0.4, -0.2) is 12.6 Å². The second kappa shape index (κ2) is 4.75. The Labute approximate surface area is 72.9 Å². The van der Waals surface area contributed by atoms with Crippen molar-refractivity contribution in [3.05, 3.63) is 23.8 Å². The van der Waals surface area contributed by atoms with Crippen LogP contribution in [0.5, 0.6) is 0 Å². The van der Waals surface area contributed by atoms with Crippen LogP contribution in [0, 0.1) is 0 Å². The second-order valence-electron chi connectivity index (χ2n) is 2.77. The van der Waals surface area contributed by atoms with E-state index in [9.17, 15) is 4.79 Å². The lowest BCUT2D eigenvalue weighted by atomic mass is 10.1. The summed E-state index contributed by atoms with van der Waals surface area (Å²) in [7, 11) is 0. The average molecular weight is 166 g/mol. The van der Waals surface area contributed by atoms with Gasteiger partial charge in [-0.15, -0.1) is 0 Å². The predicted molar refractivity (Wildman–Crippen MR) is 47.7 cm³/mol. The highest BCUT2D eigenvalue weighted by atomic mass is 16.5. The summed E-state index contributed by atoms with van der Waals surface area (Å²) in [6.07, 6.45) is 8.86. The van der Waals surface area contributed by atoms with Crippen LogP contribution in [-0.2, 0) is 9.53 Å². The number of rotatable bonds is 3. The molecule has 0 bridgehead atoms. The zero-order valence-corrected chi connectivity index (χ0v) is 7.38. The molecule has 0 N–H and O–H groups in total. The minimum absolute atomic E-state index is 0.130. The highest BCUT2D eigenvalue weighted by molar-refractivity contribution is 5.69. The highest BCUT2D eigenvalue weighted by Gasteiger charge is 2.01. The number of hydrogen-bond donors (Lipinski definition) is 0. The number of carbonyl (C=O) groups is 1. The smallest absolute Gasteiger partial charge is 0.305 e. The van der Waals surface area contributed by atoms with E-state index in [-0.39, 0.29) is 5.97 Å². The summed E-state index contributed by atoms with van der Waals surface area (Å²) in [5.74, 6) is -0.130. The van der Waals surface area contributed by atoms with Crippen molar-refractivity contribution in [2.45, 2.75) is 26.2 Å². The molecule has 0 amide bonds. The van der Waals surface area contributed by atoms with Crippen LogP contribution in [0.4, 0.5) is 0 Å². The zero-order chi connectivity index (χ0) is 8.81. The predicted octanol–water partition coefficient (Wildman–Crippen LogP) is 2.22. The molecule has 1 rings (SSSR count). The van der Waals surface area contributed by atoms with Crippen molar-refractivity contribution in [1.29, 1.82) is 0 Å². The largest absolute Gasteiger partial charge is 0.461 e. The highest BCUT2D eigenvalue weighted by Crippen LogP contribution is 2.09. The maximum absolute atomic E-state index is 10.8. The van der Waals surface area contributed by atoms with E-state index in [0.717, 1.165) is 18.4 Å². The lowest BCUT2D eigenvalue weighted by molar-refractivity contribution is -0.142. The molecule has 0 spiro atoms. The summed E-state index contributed by atoms with van der Waals surface area (Å²) in [6.45, 7) is 2.23. The van der Waals surface area contributed by atoms with Gasteiger partial charge in [0.1, 0.15) is 6.61 Å². The molecule has 0 aromatic rings. The molecule has 0 aromatic carbocycles. The molecule has 12 heavy (non-hydrogen) atoms. The first kappa shape index (κ1) is 9.04. The SMILES string of the molecule is CCC(=O)OCC1=CCCC=C1. The molecule has 1 aliphatic rings. The number of ether oxygens (including phenoxy) is 1. The average Bonchev–Trinajstić information content (AvgIpc) is 2.16. The van der Waals surface area contributed by atoms with Crippen LogP contribution < -0.4 is 0 Å². The fourth-order valence-corrected chi connectivity index (χ4v) is 1.04. The normalized spacial score (nSPS) is 15.6. The summed E-state index contributed by atoms with van der Waals surface area (Å²) in [6, 6.07) is 0. The van der Waals surface area contributed by atoms with Gasteiger partial charge in [-0.1, -0.05) is 25.2 Å². The number of hydrogen-bond acceptors (Lipinski definition) is 2. The van der Waals surface area contributed by atoms with Crippen LogP contribution in [0.3, 0.4) is 0 Å². The lowest BCUT2D eigenvalue weighted by Gasteiger charge is -2.06. The Bertz CT molecular complexity index is 214. The lowest BCUT2D eigenvalue weighted by Crippen LogP contribution is -2.05. The third-order valence-corrected chi connectivity index (χ3v) is 1.76. The van der Waals surface area contributed by atoms with Gasteiger partial charge < -0.3 is 4.74 Å². The van der Waals surface area contributed by atoms with E-state index in [4.69, 9.17) is 4.74 Å². The van der Waals surface area contributed by atoms with E-state index in [1.807, 2.05) is 6.08 Å². The van der Waals surface area contributed by atoms with Crippen LogP contribution in [0.2, 0.25) is 0 Å². The van der Waals surface area contributed by atoms with Gasteiger partial charge in [-0.2, -0.15) is 0 Å². The van der Waals surface area contributed by atoms with Crippen molar-refractivity contribution in [3.63, 3.8) is 0 Å². The van der Waals surface area contributed by atoms with Crippen LogP contribution in [0.15, 0.2) is 23.8 Å². The van der Waals surface area contributed by atoms with E-state index >= 15 is 0 Å². The molecule has 0 saturated carbocycles. The molecule has 0 fully saturated rings. The van der Waals surface area contributed by atoms with Crippen molar-refractivity contribution < 1.29 is 9.53 Å². The summed E-state index contributed by atoms with van der Waals surface area (Å²) < 4.78 is 4.97. The van der Waals surface area contributed by atoms with E-state index in [0.29, 0.717) is 13.0 Å². The van der Waals surface area contributed by atoms with Gasteiger partial charge in [-0.3, -0.25) is 4.79 Å². The summed E-state index contributed by atoms with van der Waals surface area (Å²) in [5.41, 5.74) is 1.11. The molecular formula is C10H14O2. The van der Waals surface area contributed by atoms with Gasteiger partial charge in [-0.05, 0) is 18.4 Å². The molecular weight excluding hydrogens is 152 g/mol. The van der Waals surface area contributed by atoms with Crippen molar-refractivity contribution >= 4 is 5.97 Å². The Balaban J connectivity index is 2.27. The Kier molecular flexibility index (Phi) is 3.58. The number of carbonyl (C=O) groups excluding carboxylic acids is 1. The van der Waals surface area contributed by atoms with E-state index in [1.165, 1.54) is 0 Å². The molecule has 0 radical (unpaired) electrons. The van der Waals surface area contributed by atoms with Gasteiger partial charge in [0.2, 0.25) is 0 Å². The monoisotopic (exact) mass is 166 g/mol. The minimum atomic E-state index is -0.130. The maximum atomic E-state index is 10.8. The first-order valence-corrected chi connectivity index (χ1v) is 4.34. The van der Waals surface area contributed by atoms with Crippen LogP contribution in [0.1, 0.15) is 26.2 Å². The van der Waals surface area contributed by atoms with Gasteiger partial charge >= 0.3 is 5.97 Å². The van der Waals surface area contributed by atoms with Gasteiger partial charge in [0.15, 0.2) is 0 Å². The van der Waals surface area contributed by atoms with Crippen molar-refractivity contribution in [1.82, 2.24) is 0 Å². The van der Waals surface area contributed by atoms with E-state index in [2.05, 4.69) is 12.2 Å². The first-order valence-electron chi connectivity index (χ1n) is 4.34. The molecule has 66 valence electrons. The van der Waals surface area contributed by atoms with E-state index < -0.39 is 0 Å². The van der Waals surface area contributed by atoms with Gasteiger partial charge in [0.05, 0.1) is 0 Å². The number of esters is 1. The van der Waals surface area contributed by atoms with Crippen LogP contribution in [0.25, 0.3) is 0 Å². The van der Waals surface area contributed by atoms with Gasteiger partial charge in [-0.25, -0.2) is 0 Å². The molecule has 0 unspecified atom stereocenters. The maximum Gasteiger partial charge on any atom is 0.305 e. The third kappa shape index (κ3) is 2.91. The van der Waals surface area contributed by atoms with Gasteiger partial charge in [0.25, 0.3) is 0 Å². The van der Waals surface area contributed by atoms with Crippen molar-refractivity contribution in [3.8, 4) is 0 Å². The first-order chi connectivity index (χ1) is 5.83. The Morgan fingerprint density at radius 3 is 3.00 bits per heavy atom. The second-order valence-corrected chi connectivity index (χ2v) is 2.77. The zero-order valence-electron chi connectivity index (χ0n) is 7.38. The third-order valence-electron chi connectivity index (χ3n) is 1.76. The molecule has 2 heteroatoms. The minimum Gasteiger partial charge on any atom is -0.461 e. The quantitative estimate of drug-likeness (QED) is 0.601. The van der Waals surface area contributed by atoms with Crippen molar-refractivity contribution in [2.24, 2.45) is 0 Å². The van der Waals surface area contributed by atoms with Gasteiger partial charge in [0, 0.05) is 6.42 Å². The molecule has 2 nitrogen and oxygen atoms in total. The summed E-state index contributed by atoms with van der Waals surface area (Å²) in [4.78, 5) is 10.8. The fourth-order valence-electron chi connectivity index (χ4n) is 1.04. The Morgan fingerprint density at radius 2 is 2.42 bits per heavy atom. The Morgan fingerprint density at radius 1 is 1.58 bits per heavy atom. The van der Waals surface area contributed by atoms with Crippen molar-refractivity contribution in [2.75, 3.05) is 6.61 Å². The van der Waals surface area contributed by atoms with Crippen LogP contribution >= 0.6 is 0 Å². The van der Waals surface area contributed by atoms with E-state index in [1.54, 1.807) is 6.92 Å². The molecule has 0 heterocycles. The number of allylic oxidation sites excluding steroid dienone is 2. The Hall–Kier alpha value is -1.05. The molecule has 0 atom stereocenters. The summed E-state index contributed by atoms with van der Waals surface area (Å²) in [5, 5.41) is 0.